The van der Waals surface area contributed by atoms with Gasteiger partial charge < -0.3 is 29.7 Å². The van der Waals surface area contributed by atoms with Crippen molar-refractivity contribution < 1.29 is 57.6 Å². The second-order valence-electron chi connectivity index (χ2n) is 15.1. The fourth-order valence-corrected chi connectivity index (χ4v) is 7.57. The van der Waals surface area contributed by atoms with Gasteiger partial charge in [0.05, 0.1) is 13.0 Å². The summed E-state index contributed by atoms with van der Waals surface area (Å²) >= 11 is 0.194. The molecule has 1 amide bonds. The SMILES string of the molecule is CCCCCCCCCCC[C@@H](CC(=O)N[C@H]1C(O)O[C@H](CO)[C@@H](OSOOO)[C@@H]1OC(=O)CCCCCCCCc1ccccc1)OC(=O)CCc1ccccc1. The lowest BCUT2D eigenvalue weighted by Crippen LogP contribution is -2.65. The fourth-order valence-electron chi connectivity index (χ4n) is 7.18. The summed E-state index contributed by atoms with van der Waals surface area (Å²) in [4.78, 5) is 39.8. The number of nitrogens with one attached hydrogen (secondary N) is 1. The number of hydrogen-bond donors (Lipinski definition) is 4. The van der Waals surface area contributed by atoms with Crippen molar-refractivity contribution in [1.82, 2.24) is 5.32 Å². The van der Waals surface area contributed by atoms with Gasteiger partial charge in [-0.3, -0.25) is 18.6 Å². The Balaban J connectivity index is 1.59. The van der Waals surface area contributed by atoms with Crippen LogP contribution >= 0.6 is 12.3 Å². The first-order valence-electron chi connectivity index (χ1n) is 21.3. The number of unbranched alkanes of at least 4 members (excludes halogenated alkanes) is 13. The summed E-state index contributed by atoms with van der Waals surface area (Å²) in [5.74, 6) is -1.57. The number of esters is 2. The number of rotatable bonds is 32. The standard InChI is InChI=1S/C44H67NO12S/c1-2-3-4-5-6-7-8-12-21-28-36(52-40(49)31-30-35-26-19-15-20-27-35)32-38(47)45-41-43(42(55-58-57-56-51)37(33-46)53-44(41)50)54-39(48)29-22-13-10-9-11-16-23-34-24-17-14-18-25-34/h14-15,17-20,24-27,36-37,41-44,46,50-51H,2-13,16,21-23,28-33H2,1H3,(H,45,47)/t36-,37+,41+,42+,43+,44?/m0/s1. The summed E-state index contributed by atoms with van der Waals surface area (Å²) in [6.07, 6.45) is 11.4. The monoisotopic (exact) mass is 833 g/mol. The van der Waals surface area contributed by atoms with Crippen LogP contribution in [0.4, 0.5) is 0 Å². The van der Waals surface area contributed by atoms with E-state index in [-0.39, 0.29) is 31.6 Å². The number of aliphatic hydroxyl groups is 2. The molecule has 0 aliphatic carbocycles. The topological polar surface area (TPSA) is 179 Å². The van der Waals surface area contributed by atoms with Gasteiger partial charge in [0.15, 0.2) is 24.7 Å². The van der Waals surface area contributed by atoms with Gasteiger partial charge in [-0.15, -0.1) is 4.33 Å². The van der Waals surface area contributed by atoms with Crippen LogP contribution in [0.3, 0.4) is 0 Å². The molecule has 2 aromatic carbocycles. The fraction of sp³-hybridized carbons (Fsp3) is 0.659. The van der Waals surface area contributed by atoms with E-state index in [1.54, 1.807) is 0 Å². The number of aryl methyl sites for hydroxylation is 2. The van der Waals surface area contributed by atoms with Crippen molar-refractivity contribution in [1.29, 1.82) is 0 Å². The molecule has 0 bridgehead atoms. The third-order valence-corrected chi connectivity index (χ3v) is 10.8. The minimum atomic E-state index is -1.70. The highest BCUT2D eigenvalue weighted by Crippen LogP contribution is 2.29. The largest absolute Gasteiger partial charge is 0.462 e. The molecule has 326 valence electrons. The van der Waals surface area contributed by atoms with E-state index in [0.29, 0.717) is 19.3 Å². The highest BCUT2D eigenvalue weighted by molar-refractivity contribution is 7.89. The van der Waals surface area contributed by atoms with Crippen molar-refractivity contribution in [3.8, 4) is 0 Å². The van der Waals surface area contributed by atoms with Crippen LogP contribution in [0.2, 0.25) is 0 Å². The van der Waals surface area contributed by atoms with Crippen LogP contribution in [0.15, 0.2) is 60.7 Å². The van der Waals surface area contributed by atoms with Crippen LogP contribution in [0, 0.1) is 0 Å². The first-order valence-corrected chi connectivity index (χ1v) is 22.0. The molecule has 3 rings (SSSR count). The highest BCUT2D eigenvalue weighted by Gasteiger charge is 2.49. The van der Waals surface area contributed by atoms with E-state index in [1.807, 2.05) is 48.5 Å². The molecule has 1 fully saturated rings. The third kappa shape index (κ3) is 20.7. The molecule has 1 unspecified atom stereocenters. The van der Waals surface area contributed by atoms with Crippen LogP contribution in [-0.4, -0.2) is 76.7 Å². The molecular weight excluding hydrogens is 767 g/mol. The van der Waals surface area contributed by atoms with Crippen LogP contribution in [-0.2, 0) is 55.0 Å². The van der Waals surface area contributed by atoms with Gasteiger partial charge in [0.2, 0.25) is 5.91 Å². The molecule has 6 atom stereocenters. The zero-order chi connectivity index (χ0) is 41.6. The number of benzene rings is 2. The average molecular weight is 834 g/mol. The normalized spacial score (nSPS) is 19.7. The van der Waals surface area contributed by atoms with E-state index >= 15 is 0 Å². The summed E-state index contributed by atoms with van der Waals surface area (Å²) in [5, 5.41) is 36.1. The van der Waals surface area contributed by atoms with E-state index < -0.39 is 61.2 Å². The van der Waals surface area contributed by atoms with E-state index in [1.165, 1.54) is 37.7 Å². The molecule has 0 aromatic heterocycles. The summed E-state index contributed by atoms with van der Waals surface area (Å²) in [5.41, 5.74) is 2.32. The molecule has 4 N–H and O–H groups in total. The molecule has 1 saturated heterocycles. The number of carbonyl (C=O) groups is 3. The average Bonchev–Trinajstić information content (AvgIpc) is 3.23. The van der Waals surface area contributed by atoms with Crippen molar-refractivity contribution in [3.63, 3.8) is 0 Å². The second kappa shape index (κ2) is 30.9. The number of carbonyl (C=O) groups excluding carboxylic acids is 3. The Hall–Kier alpha value is -3.08. The maximum absolute atomic E-state index is 13.7. The Morgan fingerprint density at radius 1 is 0.741 bits per heavy atom. The molecule has 1 heterocycles. The van der Waals surface area contributed by atoms with E-state index in [2.05, 4.69) is 33.7 Å². The zero-order valence-corrected chi connectivity index (χ0v) is 35.0. The first-order chi connectivity index (χ1) is 28.3. The summed E-state index contributed by atoms with van der Waals surface area (Å²) in [6, 6.07) is 18.6. The van der Waals surface area contributed by atoms with Gasteiger partial charge in [0.1, 0.15) is 24.4 Å². The van der Waals surface area contributed by atoms with Crippen molar-refractivity contribution in [2.75, 3.05) is 6.61 Å². The molecule has 13 nitrogen and oxygen atoms in total. The number of amides is 1. The van der Waals surface area contributed by atoms with Gasteiger partial charge >= 0.3 is 11.9 Å². The molecule has 0 spiro atoms. The van der Waals surface area contributed by atoms with Crippen LogP contribution in [0.1, 0.15) is 140 Å². The smallest absolute Gasteiger partial charge is 0.306 e. The Bertz CT molecular complexity index is 1370. The molecule has 2 aromatic rings. The van der Waals surface area contributed by atoms with Gasteiger partial charge in [-0.25, -0.2) is 5.26 Å². The van der Waals surface area contributed by atoms with Crippen LogP contribution < -0.4 is 5.32 Å². The van der Waals surface area contributed by atoms with Gasteiger partial charge in [-0.2, -0.15) is 0 Å². The predicted molar refractivity (Wildman–Crippen MR) is 221 cm³/mol. The Kier molecular flexibility index (Phi) is 26.2. The number of hydrogen-bond acceptors (Lipinski definition) is 13. The highest BCUT2D eigenvalue weighted by atomic mass is 32.2. The van der Waals surface area contributed by atoms with Gasteiger partial charge in [0, 0.05) is 12.8 Å². The Morgan fingerprint density at radius 2 is 1.33 bits per heavy atom. The van der Waals surface area contributed by atoms with Crippen molar-refractivity contribution in [2.45, 2.75) is 179 Å². The van der Waals surface area contributed by atoms with Crippen molar-refractivity contribution in [2.24, 2.45) is 0 Å². The van der Waals surface area contributed by atoms with E-state index in [0.717, 1.165) is 69.8 Å². The van der Waals surface area contributed by atoms with Gasteiger partial charge in [-0.05, 0) is 49.7 Å². The summed E-state index contributed by atoms with van der Waals surface area (Å²) in [6.45, 7) is 1.56. The Morgan fingerprint density at radius 3 is 1.95 bits per heavy atom. The van der Waals surface area contributed by atoms with E-state index in [9.17, 15) is 24.6 Å². The van der Waals surface area contributed by atoms with Crippen molar-refractivity contribution >= 4 is 30.2 Å². The molecular formula is C44H67NO12S. The van der Waals surface area contributed by atoms with E-state index in [4.69, 9.17) is 23.7 Å². The maximum atomic E-state index is 13.7. The molecule has 14 heteroatoms. The lowest BCUT2D eigenvalue weighted by Gasteiger charge is -2.43. The van der Waals surface area contributed by atoms with Gasteiger partial charge in [0.25, 0.3) is 0 Å². The van der Waals surface area contributed by atoms with Crippen LogP contribution in [0.5, 0.6) is 0 Å². The maximum Gasteiger partial charge on any atom is 0.306 e. The molecule has 1 aliphatic heterocycles. The molecule has 0 saturated carbocycles. The lowest BCUT2D eigenvalue weighted by molar-refractivity contribution is -0.435. The molecule has 58 heavy (non-hydrogen) atoms. The zero-order valence-electron chi connectivity index (χ0n) is 34.2. The van der Waals surface area contributed by atoms with Gasteiger partial charge in [-0.1, -0.05) is 150 Å². The summed E-state index contributed by atoms with van der Waals surface area (Å²) in [7, 11) is 0. The first kappa shape index (κ1) is 49.3. The molecule has 1 aliphatic rings. The van der Waals surface area contributed by atoms with Crippen LogP contribution in [0.25, 0.3) is 0 Å². The predicted octanol–water partition coefficient (Wildman–Crippen LogP) is 8.29. The minimum Gasteiger partial charge on any atom is -0.462 e. The quantitative estimate of drug-likeness (QED) is 0.0182. The third-order valence-electron chi connectivity index (χ3n) is 10.4. The Labute approximate surface area is 349 Å². The van der Waals surface area contributed by atoms with Crippen molar-refractivity contribution in [3.05, 3.63) is 71.8 Å². The number of aliphatic hydroxyl groups excluding tert-OH is 2. The second-order valence-corrected chi connectivity index (χ2v) is 15.6. The molecule has 0 radical (unpaired) electrons. The lowest BCUT2D eigenvalue weighted by atomic mass is 9.96. The summed E-state index contributed by atoms with van der Waals surface area (Å²) < 4.78 is 27.2. The number of ether oxygens (including phenoxy) is 3. The minimum absolute atomic E-state index is 0.0811.